The highest BCUT2D eigenvalue weighted by atomic mass is 16.5. The summed E-state index contributed by atoms with van der Waals surface area (Å²) in [5.74, 6) is -0.231. The van der Waals surface area contributed by atoms with Gasteiger partial charge in [0, 0.05) is 18.3 Å². The molecule has 0 atom stereocenters. The van der Waals surface area contributed by atoms with Gasteiger partial charge in [0.1, 0.15) is 0 Å². The fourth-order valence-electron chi connectivity index (χ4n) is 0.737. The molecule has 0 aromatic carbocycles. The maximum absolute atomic E-state index is 11.2. The Labute approximate surface area is 80.2 Å². The molecule has 0 radical (unpaired) electrons. The molecule has 0 saturated carbocycles. The van der Waals surface area contributed by atoms with Crippen LogP contribution < -0.4 is 5.32 Å². The monoisotopic (exact) mass is 185 g/mol. The molecule has 0 rings (SSSR count). The van der Waals surface area contributed by atoms with Crippen LogP contribution in [0.4, 0.5) is 0 Å². The minimum Gasteiger partial charge on any atom is -0.462 e. The fraction of sp³-hybridized carbons (Fsp3) is 0.700. The van der Waals surface area contributed by atoms with Gasteiger partial charge in [-0.05, 0) is 19.8 Å². The number of carbonyl (C=O) groups excluding carboxylic acids is 1. The van der Waals surface area contributed by atoms with Crippen LogP contribution in [0.25, 0.3) is 0 Å². The molecule has 13 heavy (non-hydrogen) atoms. The summed E-state index contributed by atoms with van der Waals surface area (Å²) in [4.78, 5) is 11.2. The molecule has 0 heterocycles. The molecular weight excluding hydrogens is 166 g/mol. The average molecular weight is 185 g/mol. The highest BCUT2D eigenvalue weighted by molar-refractivity contribution is 5.87. The molecule has 0 aromatic heterocycles. The van der Waals surface area contributed by atoms with Crippen LogP contribution in [0.1, 0.15) is 33.6 Å². The molecule has 0 saturated heterocycles. The Morgan fingerprint density at radius 3 is 2.62 bits per heavy atom. The maximum atomic E-state index is 11.2. The van der Waals surface area contributed by atoms with Gasteiger partial charge in [-0.1, -0.05) is 13.8 Å². The molecule has 0 fully saturated rings. The van der Waals surface area contributed by atoms with Crippen LogP contribution in [0.5, 0.6) is 0 Å². The highest BCUT2D eigenvalue weighted by Crippen LogP contribution is 1.95. The second kappa shape index (κ2) is 7.65. The molecule has 0 bridgehead atoms. The largest absolute Gasteiger partial charge is 0.462 e. The minimum atomic E-state index is -0.231. The van der Waals surface area contributed by atoms with Crippen molar-refractivity contribution in [2.24, 2.45) is 0 Å². The molecule has 3 nitrogen and oxygen atoms in total. The van der Waals surface area contributed by atoms with Crippen LogP contribution in [-0.4, -0.2) is 19.1 Å². The van der Waals surface area contributed by atoms with Gasteiger partial charge < -0.3 is 10.1 Å². The summed E-state index contributed by atoms with van der Waals surface area (Å²) in [6.07, 6.45) is 3.62. The highest BCUT2D eigenvalue weighted by Gasteiger charge is 2.03. The van der Waals surface area contributed by atoms with Crippen molar-refractivity contribution in [1.82, 2.24) is 5.32 Å². The maximum Gasteiger partial charge on any atom is 0.335 e. The van der Waals surface area contributed by atoms with E-state index in [0.29, 0.717) is 12.2 Å². The molecule has 0 amide bonds. The van der Waals surface area contributed by atoms with Crippen molar-refractivity contribution in [2.75, 3.05) is 13.2 Å². The predicted molar refractivity (Wildman–Crippen MR) is 53.3 cm³/mol. The number of hydrogen-bond acceptors (Lipinski definition) is 3. The Morgan fingerprint density at radius 1 is 1.38 bits per heavy atom. The fourth-order valence-corrected chi connectivity index (χ4v) is 0.737. The summed E-state index contributed by atoms with van der Waals surface area (Å²) >= 11 is 0. The Morgan fingerprint density at radius 2 is 2.08 bits per heavy atom. The quantitative estimate of drug-likeness (QED) is 0.390. The van der Waals surface area contributed by atoms with Gasteiger partial charge in [0.2, 0.25) is 0 Å². The van der Waals surface area contributed by atoms with Crippen LogP contribution in [0, 0.1) is 0 Å². The Balaban J connectivity index is 3.72. The van der Waals surface area contributed by atoms with Gasteiger partial charge in [-0.2, -0.15) is 0 Å². The summed E-state index contributed by atoms with van der Waals surface area (Å²) in [7, 11) is 0. The SMILES string of the molecule is CCCNC=C(C)C(=O)OCCC. The van der Waals surface area contributed by atoms with Gasteiger partial charge in [0.15, 0.2) is 0 Å². The van der Waals surface area contributed by atoms with E-state index in [1.54, 1.807) is 13.1 Å². The first kappa shape index (κ1) is 12.0. The summed E-state index contributed by atoms with van der Waals surface area (Å²) in [5, 5.41) is 3.03. The van der Waals surface area contributed by atoms with Crippen LogP contribution >= 0.6 is 0 Å². The summed E-state index contributed by atoms with van der Waals surface area (Å²) in [5.41, 5.74) is 0.627. The van der Waals surface area contributed by atoms with E-state index in [-0.39, 0.29) is 5.97 Å². The van der Waals surface area contributed by atoms with Crippen molar-refractivity contribution in [3.8, 4) is 0 Å². The lowest BCUT2D eigenvalue weighted by Gasteiger charge is -2.03. The zero-order valence-electron chi connectivity index (χ0n) is 8.72. The Bertz CT molecular complexity index is 176. The zero-order valence-corrected chi connectivity index (χ0v) is 8.72. The number of hydrogen-bond donors (Lipinski definition) is 1. The van der Waals surface area contributed by atoms with Crippen molar-refractivity contribution >= 4 is 5.97 Å². The van der Waals surface area contributed by atoms with Gasteiger partial charge in [-0.15, -0.1) is 0 Å². The lowest BCUT2D eigenvalue weighted by Crippen LogP contribution is -2.12. The molecule has 0 unspecified atom stereocenters. The first-order valence-electron chi connectivity index (χ1n) is 4.79. The van der Waals surface area contributed by atoms with E-state index in [0.717, 1.165) is 19.4 Å². The van der Waals surface area contributed by atoms with E-state index in [1.807, 2.05) is 6.92 Å². The average Bonchev–Trinajstić information content (AvgIpc) is 2.14. The number of ether oxygens (including phenoxy) is 1. The standard InChI is InChI=1S/C10H19NO2/c1-4-6-11-8-9(3)10(12)13-7-5-2/h8,11H,4-7H2,1-3H3. The van der Waals surface area contributed by atoms with Gasteiger partial charge in [0.05, 0.1) is 6.61 Å². The summed E-state index contributed by atoms with van der Waals surface area (Å²) in [6, 6.07) is 0. The lowest BCUT2D eigenvalue weighted by atomic mass is 10.3. The van der Waals surface area contributed by atoms with E-state index in [2.05, 4.69) is 12.2 Å². The van der Waals surface area contributed by atoms with E-state index in [4.69, 9.17) is 4.74 Å². The molecule has 76 valence electrons. The second-order valence-corrected chi connectivity index (χ2v) is 2.92. The van der Waals surface area contributed by atoms with Crippen molar-refractivity contribution < 1.29 is 9.53 Å². The predicted octanol–water partition coefficient (Wildman–Crippen LogP) is 1.84. The van der Waals surface area contributed by atoms with Crippen molar-refractivity contribution in [3.63, 3.8) is 0 Å². The second-order valence-electron chi connectivity index (χ2n) is 2.92. The van der Waals surface area contributed by atoms with Gasteiger partial charge in [0.25, 0.3) is 0 Å². The number of esters is 1. The van der Waals surface area contributed by atoms with Gasteiger partial charge in [-0.3, -0.25) is 0 Å². The molecule has 0 aromatic rings. The van der Waals surface area contributed by atoms with E-state index >= 15 is 0 Å². The first-order chi connectivity index (χ1) is 6.22. The van der Waals surface area contributed by atoms with Crippen LogP contribution in [0.3, 0.4) is 0 Å². The Kier molecular flexibility index (Phi) is 7.07. The number of rotatable bonds is 6. The Hall–Kier alpha value is -0.990. The van der Waals surface area contributed by atoms with Crippen LogP contribution in [-0.2, 0) is 9.53 Å². The minimum absolute atomic E-state index is 0.231. The zero-order chi connectivity index (χ0) is 10.1. The lowest BCUT2D eigenvalue weighted by molar-refractivity contribution is -0.139. The van der Waals surface area contributed by atoms with E-state index in [1.165, 1.54) is 0 Å². The molecule has 0 aliphatic carbocycles. The van der Waals surface area contributed by atoms with Crippen LogP contribution in [0.15, 0.2) is 11.8 Å². The molecule has 0 aliphatic heterocycles. The van der Waals surface area contributed by atoms with Crippen LogP contribution in [0.2, 0.25) is 0 Å². The van der Waals surface area contributed by atoms with Crippen molar-refractivity contribution in [1.29, 1.82) is 0 Å². The van der Waals surface area contributed by atoms with E-state index < -0.39 is 0 Å². The van der Waals surface area contributed by atoms with Gasteiger partial charge >= 0.3 is 5.97 Å². The summed E-state index contributed by atoms with van der Waals surface area (Å²) in [6.45, 7) is 7.18. The third-order valence-electron chi connectivity index (χ3n) is 1.47. The number of carbonyl (C=O) groups is 1. The molecule has 0 spiro atoms. The molecule has 0 aliphatic rings. The summed E-state index contributed by atoms with van der Waals surface area (Å²) < 4.78 is 4.94. The third-order valence-corrected chi connectivity index (χ3v) is 1.47. The van der Waals surface area contributed by atoms with Gasteiger partial charge in [-0.25, -0.2) is 4.79 Å². The van der Waals surface area contributed by atoms with Crippen molar-refractivity contribution in [2.45, 2.75) is 33.6 Å². The van der Waals surface area contributed by atoms with E-state index in [9.17, 15) is 4.79 Å². The molecule has 1 N–H and O–H groups in total. The smallest absolute Gasteiger partial charge is 0.335 e. The topological polar surface area (TPSA) is 38.3 Å². The first-order valence-corrected chi connectivity index (χ1v) is 4.79. The molecule has 3 heteroatoms. The van der Waals surface area contributed by atoms with Crippen molar-refractivity contribution in [3.05, 3.63) is 11.8 Å². The number of nitrogens with one attached hydrogen (secondary N) is 1. The molecular formula is C10H19NO2. The normalized spacial score (nSPS) is 11.2. The third kappa shape index (κ3) is 6.20.